The number of nitrogens with one attached hydrogen (secondary N) is 1. The normalized spacial score (nSPS) is 19.0. The van der Waals surface area contributed by atoms with Crippen molar-refractivity contribution in [2.45, 2.75) is 69.9 Å². The van der Waals surface area contributed by atoms with Gasteiger partial charge in [0.1, 0.15) is 0 Å². The second-order valence-corrected chi connectivity index (χ2v) is 13.5. The topological polar surface area (TPSA) is 121 Å². The summed E-state index contributed by atoms with van der Waals surface area (Å²) >= 11 is 6.41. The zero-order chi connectivity index (χ0) is 32.9. The van der Waals surface area contributed by atoms with Crippen LogP contribution in [0, 0.1) is 18.3 Å². The Balaban J connectivity index is 1.12. The molecule has 6 rings (SSSR count). The fourth-order valence-electron chi connectivity index (χ4n) is 7.45. The van der Waals surface area contributed by atoms with E-state index in [1.54, 1.807) is 12.1 Å². The van der Waals surface area contributed by atoms with Crippen molar-refractivity contribution in [3.63, 3.8) is 0 Å². The number of nitrogens with two attached hydrogens (primary N) is 1. The maximum Gasteiger partial charge on any atom is 0.343 e. The number of anilines is 1. The molecule has 1 aromatic heterocycles. The van der Waals surface area contributed by atoms with E-state index in [2.05, 4.69) is 20.9 Å². The molecule has 0 bridgehead atoms. The standard InChI is InChI=1S/C36H44ClN7O3/c1-2-26-21-25(23-31(37)33(26)38)22-28(35(46)43-19-11-29(12-20-43)41-15-7-4-8-16-41)24-32(45)42-17-13-30(14-18-42)44-36(47)39-34(40-44)27-9-5-3-6-10-27/h1,3,5-6,9-10,21,23,28-30H,4,7-8,11-20,22,24,38H2,(H,39,40,47)/t28-/m0/s1. The van der Waals surface area contributed by atoms with Crippen LogP contribution in [0.4, 0.5) is 5.69 Å². The van der Waals surface area contributed by atoms with Crippen molar-refractivity contribution in [1.29, 1.82) is 0 Å². The number of aromatic amines is 1. The molecule has 3 aliphatic rings. The molecule has 4 heterocycles. The van der Waals surface area contributed by atoms with Crippen LogP contribution in [0.3, 0.4) is 0 Å². The monoisotopic (exact) mass is 657 g/mol. The lowest BCUT2D eigenvalue weighted by molar-refractivity contribution is -0.143. The van der Waals surface area contributed by atoms with Gasteiger partial charge in [-0.15, -0.1) is 11.5 Å². The number of nitrogens with zero attached hydrogens (tertiary/aromatic N) is 5. The molecule has 3 aliphatic heterocycles. The van der Waals surface area contributed by atoms with Gasteiger partial charge in [-0.25, -0.2) is 9.48 Å². The molecule has 0 aliphatic carbocycles. The Morgan fingerprint density at radius 3 is 2.30 bits per heavy atom. The summed E-state index contributed by atoms with van der Waals surface area (Å²) in [7, 11) is 0. The van der Waals surface area contributed by atoms with Crippen LogP contribution in [0.1, 0.15) is 68.5 Å². The fourth-order valence-corrected chi connectivity index (χ4v) is 7.69. The summed E-state index contributed by atoms with van der Waals surface area (Å²) in [4.78, 5) is 49.8. The third-order valence-electron chi connectivity index (χ3n) is 10.1. The molecule has 11 heteroatoms. The summed E-state index contributed by atoms with van der Waals surface area (Å²) in [6.45, 7) is 4.64. The summed E-state index contributed by atoms with van der Waals surface area (Å²) in [5.41, 5.74) is 8.28. The number of nitrogen functional groups attached to an aromatic ring is 1. The number of terminal acetylenes is 1. The van der Waals surface area contributed by atoms with Crippen molar-refractivity contribution in [1.82, 2.24) is 29.5 Å². The summed E-state index contributed by atoms with van der Waals surface area (Å²) in [5.74, 6) is 2.50. The van der Waals surface area contributed by atoms with Crippen molar-refractivity contribution < 1.29 is 9.59 Å². The number of halogens is 1. The second kappa shape index (κ2) is 14.8. The predicted octanol–water partition coefficient (Wildman–Crippen LogP) is 4.34. The molecule has 3 N–H and O–H groups in total. The Morgan fingerprint density at radius 1 is 0.957 bits per heavy atom. The molecule has 0 radical (unpaired) electrons. The molecule has 0 saturated carbocycles. The number of likely N-dealkylation sites (tertiary alicyclic amines) is 3. The number of hydrogen-bond donors (Lipinski definition) is 2. The van der Waals surface area contributed by atoms with Crippen LogP contribution in [0.15, 0.2) is 47.3 Å². The number of aromatic nitrogens is 3. The van der Waals surface area contributed by atoms with Gasteiger partial charge in [-0.1, -0.05) is 54.3 Å². The van der Waals surface area contributed by atoms with E-state index in [1.807, 2.05) is 40.1 Å². The summed E-state index contributed by atoms with van der Waals surface area (Å²) in [6, 6.07) is 13.5. The molecular weight excluding hydrogens is 614 g/mol. The number of amides is 2. The predicted molar refractivity (Wildman–Crippen MR) is 184 cm³/mol. The van der Waals surface area contributed by atoms with Gasteiger partial charge < -0.3 is 20.4 Å². The van der Waals surface area contributed by atoms with E-state index in [0.29, 0.717) is 73.6 Å². The van der Waals surface area contributed by atoms with Crippen LogP contribution in [0.5, 0.6) is 0 Å². The van der Waals surface area contributed by atoms with E-state index < -0.39 is 5.92 Å². The highest BCUT2D eigenvalue weighted by molar-refractivity contribution is 6.33. The van der Waals surface area contributed by atoms with Gasteiger partial charge in [0.05, 0.1) is 22.7 Å². The maximum absolute atomic E-state index is 14.1. The first-order valence-corrected chi connectivity index (χ1v) is 17.3. The minimum atomic E-state index is -0.556. The number of rotatable bonds is 8. The van der Waals surface area contributed by atoms with E-state index in [-0.39, 0.29) is 30.0 Å². The first-order chi connectivity index (χ1) is 22.8. The number of hydrogen-bond acceptors (Lipinski definition) is 6. The summed E-state index contributed by atoms with van der Waals surface area (Å²) in [5, 5.41) is 4.91. The minimum absolute atomic E-state index is 0.00273. The fraction of sp³-hybridized carbons (Fsp3) is 0.500. The van der Waals surface area contributed by atoms with Gasteiger partial charge in [-0.2, -0.15) is 0 Å². The van der Waals surface area contributed by atoms with Crippen molar-refractivity contribution in [3.05, 3.63) is 69.1 Å². The van der Waals surface area contributed by atoms with E-state index >= 15 is 0 Å². The van der Waals surface area contributed by atoms with Gasteiger partial charge in [0.2, 0.25) is 11.8 Å². The first kappa shape index (κ1) is 32.9. The van der Waals surface area contributed by atoms with Gasteiger partial charge in [0.15, 0.2) is 5.82 Å². The molecule has 1 atom stereocenters. The lowest BCUT2D eigenvalue weighted by Gasteiger charge is -2.41. The third kappa shape index (κ3) is 7.58. The van der Waals surface area contributed by atoms with E-state index in [0.717, 1.165) is 37.1 Å². The van der Waals surface area contributed by atoms with Crippen molar-refractivity contribution in [2.75, 3.05) is 45.0 Å². The maximum atomic E-state index is 14.1. The van der Waals surface area contributed by atoms with E-state index in [1.165, 1.54) is 23.9 Å². The largest absolute Gasteiger partial charge is 0.397 e. The molecule has 2 aromatic carbocycles. The van der Waals surface area contributed by atoms with Crippen molar-refractivity contribution in [3.8, 4) is 23.7 Å². The van der Waals surface area contributed by atoms with Gasteiger partial charge in [-0.05, 0) is 75.7 Å². The molecule has 0 spiro atoms. The Morgan fingerprint density at radius 2 is 1.62 bits per heavy atom. The highest BCUT2D eigenvalue weighted by Gasteiger charge is 2.34. The third-order valence-corrected chi connectivity index (χ3v) is 10.4. The smallest absolute Gasteiger partial charge is 0.343 e. The number of carbonyl (C=O) groups excluding carboxylic acids is 2. The average molecular weight is 658 g/mol. The molecule has 248 valence electrons. The Kier molecular flexibility index (Phi) is 10.3. The van der Waals surface area contributed by atoms with Crippen LogP contribution in [0.25, 0.3) is 11.4 Å². The molecule has 2 amide bonds. The lowest BCUT2D eigenvalue weighted by atomic mass is 9.91. The number of benzene rings is 2. The van der Waals surface area contributed by atoms with Gasteiger partial charge >= 0.3 is 5.69 Å². The quantitative estimate of drug-likeness (QED) is 0.275. The van der Waals surface area contributed by atoms with Crippen LogP contribution >= 0.6 is 11.6 Å². The number of piperidine rings is 3. The minimum Gasteiger partial charge on any atom is -0.397 e. The number of carbonyl (C=O) groups is 2. The highest BCUT2D eigenvalue weighted by Crippen LogP contribution is 2.29. The molecule has 47 heavy (non-hydrogen) atoms. The summed E-state index contributed by atoms with van der Waals surface area (Å²) < 4.78 is 1.51. The number of H-pyrrole nitrogens is 1. The average Bonchev–Trinajstić information content (AvgIpc) is 3.51. The Hall–Kier alpha value is -4.07. The van der Waals surface area contributed by atoms with Crippen LogP contribution in [-0.4, -0.2) is 86.6 Å². The zero-order valence-corrected chi connectivity index (χ0v) is 27.6. The first-order valence-electron chi connectivity index (χ1n) is 16.9. The molecule has 3 aromatic rings. The van der Waals surface area contributed by atoms with Gasteiger partial charge in [-0.3, -0.25) is 14.6 Å². The van der Waals surface area contributed by atoms with Crippen molar-refractivity contribution >= 4 is 29.1 Å². The van der Waals surface area contributed by atoms with Crippen LogP contribution in [0.2, 0.25) is 5.02 Å². The van der Waals surface area contributed by atoms with Crippen molar-refractivity contribution in [2.24, 2.45) is 5.92 Å². The Bertz CT molecular complexity index is 1660. The Labute approximate surface area is 281 Å². The van der Waals surface area contributed by atoms with Crippen LogP contribution < -0.4 is 11.4 Å². The van der Waals surface area contributed by atoms with Gasteiger partial charge in [0, 0.05) is 49.8 Å². The highest BCUT2D eigenvalue weighted by atomic mass is 35.5. The summed E-state index contributed by atoms with van der Waals surface area (Å²) in [6.07, 6.45) is 13.0. The van der Waals surface area contributed by atoms with Crippen LogP contribution in [-0.2, 0) is 16.0 Å². The molecule has 3 fully saturated rings. The van der Waals surface area contributed by atoms with E-state index in [9.17, 15) is 14.4 Å². The van der Waals surface area contributed by atoms with E-state index in [4.69, 9.17) is 23.8 Å². The molecular formula is C36H44ClN7O3. The zero-order valence-electron chi connectivity index (χ0n) is 26.9. The SMILES string of the molecule is C#Cc1cc(C[C@@H](CC(=O)N2CCC(n3nc(-c4ccccc4)[nH]c3=O)CC2)C(=O)N2CCC(N3CCCCC3)CC2)cc(Cl)c1N. The molecule has 10 nitrogen and oxygen atoms in total. The lowest BCUT2D eigenvalue weighted by Crippen LogP contribution is -2.50. The second-order valence-electron chi connectivity index (χ2n) is 13.1. The molecule has 0 unspecified atom stereocenters. The van der Waals surface area contributed by atoms with Gasteiger partial charge in [0.25, 0.3) is 0 Å². The molecule has 3 saturated heterocycles.